The topological polar surface area (TPSA) is 81.2 Å². The molecule has 0 fully saturated rings. The zero-order chi connectivity index (χ0) is 14.1. The Bertz CT molecular complexity index is 859. The van der Waals surface area contributed by atoms with Gasteiger partial charge >= 0.3 is 5.69 Å². The van der Waals surface area contributed by atoms with E-state index in [1.165, 1.54) is 0 Å². The third-order valence-electron chi connectivity index (χ3n) is 3.04. The lowest BCUT2D eigenvalue weighted by Gasteiger charge is -2.00. The van der Waals surface area contributed by atoms with Crippen LogP contribution in [0.2, 0.25) is 0 Å². The first-order chi connectivity index (χ1) is 9.61. The highest BCUT2D eigenvalue weighted by molar-refractivity contribution is 5.86. The minimum atomic E-state index is -0.239. The molecular formula is C15H13N3O2. The van der Waals surface area contributed by atoms with Gasteiger partial charge in [0, 0.05) is 11.8 Å². The molecule has 0 spiro atoms. The summed E-state index contributed by atoms with van der Waals surface area (Å²) >= 11 is 0. The third kappa shape index (κ3) is 2.33. The van der Waals surface area contributed by atoms with Crippen LogP contribution in [0.25, 0.3) is 11.0 Å². The summed E-state index contributed by atoms with van der Waals surface area (Å²) in [7, 11) is 0. The molecule has 3 aromatic rings. The van der Waals surface area contributed by atoms with E-state index in [1.807, 2.05) is 19.1 Å². The van der Waals surface area contributed by atoms with Crippen LogP contribution < -0.4 is 5.69 Å². The SMILES string of the molecule is Cc1ccc(C=Nc2ccc3[nH]c(=O)[nH]c3c2)c(O)c1. The Balaban J connectivity index is 1.95. The Hall–Kier alpha value is -2.82. The maximum absolute atomic E-state index is 11.2. The molecule has 0 radical (unpaired) electrons. The summed E-state index contributed by atoms with van der Waals surface area (Å²) in [6.45, 7) is 1.91. The van der Waals surface area contributed by atoms with Crippen molar-refractivity contribution in [1.82, 2.24) is 9.97 Å². The van der Waals surface area contributed by atoms with Crippen molar-refractivity contribution in [3.05, 3.63) is 58.0 Å². The number of aryl methyl sites for hydroxylation is 1. The highest BCUT2D eigenvalue weighted by Crippen LogP contribution is 2.20. The molecule has 5 heteroatoms. The Morgan fingerprint density at radius 1 is 1.10 bits per heavy atom. The Morgan fingerprint density at radius 2 is 1.90 bits per heavy atom. The maximum atomic E-state index is 11.2. The summed E-state index contributed by atoms with van der Waals surface area (Å²) < 4.78 is 0. The van der Waals surface area contributed by atoms with Gasteiger partial charge in [0.05, 0.1) is 16.7 Å². The first-order valence-electron chi connectivity index (χ1n) is 6.17. The normalized spacial score (nSPS) is 11.4. The van der Waals surface area contributed by atoms with Crippen LogP contribution in [-0.4, -0.2) is 21.3 Å². The number of nitrogens with one attached hydrogen (secondary N) is 2. The minimum Gasteiger partial charge on any atom is -0.507 e. The van der Waals surface area contributed by atoms with Crippen LogP contribution in [0.5, 0.6) is 5.75 Å². The van der Waals surface area contributed by atoms with E-state index in [-0.39, 0.29) is 11.4 Å². The van der Waals surface area contributed by atoms with Crippen LogP contribution in [-0.2, 0) is 0 Å². The van der Waals surface area contributed by atoms with Crippen molar-refractivity contribution >= 4 is 22.9 Å². The number of hydrogen-bond donors (Lipinski definition) is 3. The van der Waals surface area contributed by atoms with Crippen LogP contribution in [0.3, 0.4) is 0 Å². The van der Waals surface area contributed by atoms with Crippen LogP contribution in [0.1, 0.15) is 11.1 Å². The fourth-order valence-corrected chi connectivity index (χ4v) is 2.01. The zero-order valence-electron chi connectivity index (χ0n) is 10.8. The average molecular weight is 267 g/mol. The second-order valence-electron chi connectivity index (χ2n) is 4.63. The minimum absolute atomic E-state index is 0.199. The number of fused-ring (bicyclic) bond motifs is 1. The fourth-order valence-electron chi connectivity index (χ4n) is 2.01. The smallest absolute Gasteiger partial charge is 0.323 e. The monoisotopic (exact) mass is 267 g/mol. The van der Waals surface area contributed by atoms with E-state index in [1.54, 1.807) is 30.5 Å². The number of phenols is 1. The van der Waals surface area contributed by atoms with Gasteiger partial charge in [0.1, 0.15) is 5.75 Å². The number of aliphatic imine (C=N–C) groups is 1. The maximum Gasteiger partial charge on any atom is 0.323 e. The summed E-state index contributed by atoms with van der Waals surface area (Å²) in [5.74, 6) is 0.199. The number of hydrogen-bond acceptors (Lipinski definition) is 3. The number of rotatable bonds is 2. The summed E-state index contributed by atoms with van der Waals surface area (Å²) in [5, 5.41) is 9.80. The van der Waals surface area contributed by atoms with Gasteiger partial charge in [-0.25, -0.2) is 4.79 Å². The lowest BCUT2D eigenvalue weighted by molar-refractivity contribution is 0.474. The number of phenolic OH excluding ortho intramolecular Hbond substituents is 1. The number of nitrogens with zero attached hydrogens (tertiary/aromatic N) is 1. The van der Waals surface area contributed by atoms with Gasteiger partial charge in [0.25, 0.3) is 0 Å². The van der Waals surface area contributed by atoms with E-state index in [2.05, 4.69) is 15.0 Å². The lowest BCUT2D eigenvalue weighted by atomic mass is 10.1. The van der Waals surface area contributed by atoms with E-state index in [0.29, 0.717) is 16.8 Å². The number of aromatic hydroxyl groups is 1. The highest BCUT2D eigenvalue weighted by atomic mass is 16.3. The molecule has 1 aromatic heterocycles. The summed E-state index contributed by atoms with van der Waals surface area (Å²) in [6, 6.07) is 10.8. The van der Waals surface area contributed by atoms with Gasteiger partial charge in [-0.3, -0.25) is 4.99 Å². The molecule has 0 unspecified atom stereocenters. The largest absolute Gasteiger partial charge is 0.507 e. The molecule has 3 rings (SSSR count). The molecule has 2 aromatic carbocycles. The standard InChI is InChI=1S/C15H13N3O2/c1-9-2-3-10(14(19)6-9)8-16-11-4-5-12-13(7-11)18-15(20)17-12/h2-8,19H,1H3,(H2,17,18,20). The molecule has 20 heavy (non-hydrogen) atoms. The second kappa shape index (κ2) is 4.70. The fraction of sp³-hybridized carbons (Fsp3) is 0.0667. The van der Waals surface area contributed by atoms with Gasteiger partial charge in [0.2, 0.25) is 0 Å². The number of aromatic nitrogens is 2. The number of benzene rings is 2. The van der Waals surface area contributed by atoms with Gasteiger partial charge < -0.3 is 15.1 Å². The zero-order valence-corrected chi connectivity index (χ0v) is 10.8. The Labute approximate surface area is 114 Å². The van der Waals surface area contributed by atoms with E-state index in [9.17, 15) is 9.90 Å². The molecule has 3 N–H and O–H groups in total. The molecule has 0 amide bonds. The lowest BCUT2D eigenvalue weighted by Crippen LogP contribution is -1.99. The molecule has 5 nitrogen and oxygen atoms in total. The molecule has 0 saturated carbocycles. The number of H-pyrrole nitrogens is 2. The van der Waals surface area contributed by atoms with Crippen molar-refractivity contribution in [2.45, 2.75) is 6.92 Å². The van der Waals surface area contributed by atoms with Crippen LogP contribution in [0, 0.1) is 6.92 Å². The predicted octanol–water partition coefficient (Wildman–Crippen LogP) is 2.62. The Morgan fingerprint density at radius 3 is 2.70 bits per heavy atom. The van der Waals surface area contributed by atoms with Crippen LogP contribution in [0.4, 0.5) is 5.69 Å². The van der Waals surface area contributed by atoms with Crippen molar-refractivity contribution in [3.8, 4) is 5.75 Å². The summed E-state index contributed by atoms with van der Waals surface area (Å²) in [5.41, 5.74) is 3.55. The van der Waals surface area contributed by atoms with E-state index in [4.69, 9.17) is 0 Å². The highest BCUT2D eigenvalue weighted by Gasteiger charge is 2.00. The molecule has 100 valence electrons. The van der Waals surface area contributed by atoms with Gasteiger partial charge in [-0.2, -0.15) is 0 Å². The Kier molecular flexibility index (Phi) is 2.87. The molecule has 0 saturated heterocycles. The predicted molar refractivity (Wildman–Crippen MR) is 79.0 cm³/mol. The van der Waals surface area contributed by atoms with Gasteiger partial charge in [-0.1, -0.05) is 6.07 Å². The number of imidazole rings is 1. The van der Waals surface area contributed by atoms with E-state index in [0.717, 1.165) is 11.1 Å². The van der Waals surface area contributed by atoms with E-state index >= 15 is 0 Å². The second-order valence-corrected chi connectivity index (χ2v) is 4.63. The molecular weight excluding hydrogens is 254 g/mol. The van der Waals surface area contributed by atoms with Crippen molar-refractivity contribution in [1.29, 1.82) is 0 Å². The van der Waals surface area contributed by atoms with Gasteiger partial charge in [-0.05, 0) is 42.8 Å². The van der Waals surface area contributed by atoms with Crippen molar-refractivity contribution in [3.63, 3.8) is 0 Å². The molecule has 0 atom stereocenters. The number of aromatic amines is 2. The summed E-state index contributed by atoms with van der Waals surface area (Å²) in [4.78, 5) is 20.8. The third-order valence-corrected chi connectivity index (χ3v) is 3.04. The molecule has 0 aliphatic rings. The van der Waals surface area contributed by atoms with Crippen LogP contribution in [0.15, 0.2) is 46.2 Å². The quantitative estimate of drug-likeness (QED) is 0.624. The van der Waals surface area contributed by atoms with Crippen molar-refractivity contribution in [2.75, 3.05) is 0 Å². The molecule has 1 heterocycles. The van der Waals surface area contributed by atoms with Gasteiger partial charge in [0.15, 0.2) is 0 Å². The van der Waals surface area contributed by atoms with Gasteiger partial charge in [-0.15, -0.1) is 0 Å². The molecule has 0 aliphatic heterocycles. The summed E-state index contributed by atoms with van der Waals surface area (Å²) in [6.07, 6.45) is 1.60. The van der Waals surface area contributed by atoms with Crippen molar-refractivity contribution in [2.24, 2.45) is 4.99 Å². The van der Waals surface area contributed by atoms with Crippen LogP contribution >= 0.6 is 0 Å². The first kappa shape index (κ1) is 12.2. The molecule has 0 bridgehead atoms. The van der Waals surface area contributed by atoms with E-state index < -0.39 is 0 Å². The molecule has 0 aliphatic carbocycles. The van der Waals surface area contributed by atoms with Crippen molar-refractivity contribution < 1.29 is 5.11 Å². The average Bonchev–Trinajstić information content (AvgIpc) is 2.77. The first-order valence-corrected chi connectivity index (χ1v) is 6.17.